The second-order valence-corrected chi connectivity index (χ2v) is 2.16. The van der Waals surface area contributed by atoms with E-state index in [1.165, 1.54) is 0 Å². The molecule has 0 saturated heterocycles. The van der Waals surface area contributed by atoms with E-state index in [0.29, 0.717) is 6.54 Å². The quantitative estimate of drug-likeness (QED) is 0.466. The van der Waals surface area contributed by atoms with Crippen molar-refractivity contribution < 1.29 is 10.2 Å². The number of rotatable bonds is 5. The molecular formula is C6H15NO2. The number of aliphatic hydroxyl groups excluding tert-OH is 2. The smallest absolute Gasteiger partial charge is 0.0481 e. The largest absolute Gasteiger partial charge is 0.396 e. The second kappa shape index (κ2) is 6.01. The molecule has 0 bridgehead atoms. The van der Waals surface area contributed by atoms with Crippen molar-refractivity contribution in [1.82, 2.24) is 0 Å². The average molecular weight is 133 g/mol. The maximum Gasteiger partial charge on any atom is 0.0481 e. The van der Waals surface area contributed by atoms with Gasteiger partial charge < -0.3 is 15.9 Å². The van der Waals surface area contributed by atoms with Gasteiger partial charge in [-0.05, 0) is 19.4 Å². The van der Waals surface area contributed by atoms with Crippen LogP contribution < -0.4 is 5.73 Å². The summed E-state index contributed by atoms with van der Waals surface area (Å²) in [7, 11) is 0. The Morgan fingerprint density at radius 2 is 1.78 bits per heavy atom. The average Bonchev–Trinajstić information content (AvgIpc) is 1.91. The van der Waals surface area contributed by atoms with Crippen molar-refractivity contribution in [3.05, 3.63) is 0 Å². The van der Waals surface area contributed by atoms with Gasteiger partial charge in [-0.15, -0.1) is 0 Å². The molecule has 4 N–H and O–H groups in total. The van der Waals surface area contributed by atoms with E-state index in [0.717, 1.165) is 12.8 Å². The van der Waals surface area contributed by atoms with Crippen molar-refractivity contribution in [3.63, 3.8) is 0 Å². The van der Waals surface area contributed by atoms with E-state index in [1.54, 1.807) is 0 Å². The van der Waals surface area contributed by atoms with Gasteiger partial charge in [0.15, 0.2) is 0 Å². The molecule has 0 unspecified atom stereocenters. The molecule has 0 radical (unpaired) electrons. The van der Waals surface area contributed by atoms with Crippen molar-refractivity contribution in [2.45, 2.75) is 12.8 Å². The van der Waals surface area contributed by atoms with Crippen LogP contribution in [-0.4, -0.2) is 30.0 Å². The van der Waals surface area contributed by atoms with Crippen LogP contribution >= 0.6 is 0 Å². The Kier molecular flexibility index (Phi) is 5.93. The summed E-state index contributed by atoms with van der Waals surface area (Å²) in [6.07, 6.45) is 1.70. The maximum atomic E-state index is 8.55. The van der Waals surface area contributed by atoms with Gasteiger partial charge in [0, 0.05) is 19.1 Å². The number of aliphatic hydroxyl groups is 2. The minimum atomic E-state index is 0.0357. The molecule has 0 aliphatic heterocycles. The predicted octanol–water partition coefficient (Wildman–Crippen LogP) is -0.674. The third kappa shape index (κ3) is 4.39. The Hall–Kier alpha value is -0.120. The highest BCUT2D eigenvalue weighted by Crippen LogP contribution is 2.02. The van der Waals surface area contributed by atoms with Crippen LogP contribution in [0.4, 0.5) is 0 Å². The van der Waals surface area contributed by atoms with E-state index in [9.17, 15) is 0 Å². The number of nitrogens with two attached hydrogens (primary N) is 1. The Labute approximate surface area is 55.5 Å². The zero-order valence-electron chi connectivity index (χ0n) is 5.58. The molecule has 3 heteroatoms. The summed E-state index contributed by atoms with van der Waals surface area (Å²) in [5, 5.41) is 17.1. The summed E-state index contributed by atoms with van der Waals surface area (Å²) in [6.45, 7) is 0.767. The molecule has 0 rings (SSSR count). The van der Waals surface area contributed by atoms with Crippen molar-refractivity contribution in [1.29, 1.82) is 0 Å². The van der Waals surface area contributed by atoms with Gasteiger partial charge in [0.25, 0.3) is 0 Å². The Morgan fingerprint density at radius 1 is 1.22 bits per heavy atom. The van der Waals surface area contributed by atoms with Gasteiger partial charge in [0.2, 0.25) is 0 Å². The lowest BCUT2D eigenvalue weighted by molar-refractivity contribution is 0.142. The first-order valence-corrected chi connectivity index (χ1v) is 3.27. The maximum absolute atomic E-state index is 8.55. The Balaban J connectivity index is 3.09. The normalized spacial score (nSPS) is 10.7. The zero-order chi connectivity index (χ0) is 7.11. The van der Waals surface area contributed by atoms with Crippen LogP contribution in [0.25, 0.3) is 0 Å². The van der Waals surface area contributed by atoms with Crippen LogP contribution in [0.5, 0.6) is 0 Å². The number of hydrogen-bond acceptors (Lipinski definition) is 3. The second-order valence-electron chi connectivity index (χ2n) is 2.16. The molecule has 0 saturated carbocycles. The highest BCUT2D eigenvalue weighted by molar-refractivity contribution is 4.54. The van der Waals surface area contributed by atoms with Crippen LogP contribution in [0, 0.1) is 5.92 Å². The fraction of sp³-hybridized carbons (Fsp3) is 1.00. The monoisotopic (exact) mass is 133 g/mol. The van der Waals surface area contributed by atoms with Gasteiger partial charge >= 0.3 is 0 Å². The highest BCUT2D eigenvalue weighted by Gasteiger charge is 2.02. The Morgan fingerprint density at radius 3 is 2.11 bits per heavy atom. The molecule has 0 aromatic carbocycles. The lowest BCUT2D eigenvalue weighted by Gasteiger charge is -2.07. The van der Waals surface area contributed by atoms with E-state index in [2.05, 4.69) is 0 Å². The summed E-state index contributed by atoms with van der Waals surface area (Å²) in [4.78, 5) is 0. The number of hydrogen-bond donors (Lipinski definition) is 3. The first-order chi connectivity index (χ1) is 4.35. The molecular weight excluding hydrogens is 118 g/mol. The molecule has 56 valence electrons. The lowest BCUT2D eigenvalue weighted by atomic mass is 10.1. The summed E-state index contributed by atoms with van der Waals surface area (Å²) >= 11 is 0. The fourth-order valence-electron chi connectivity index (χ4n) is 0.647. The molecule has 0 atom stereocenters. The molecule has 0 amide bonds. The van der Waals surface area contributed by atoms with E-state index >= 15 is 0 Å². The van der Waals surface area contributed by atoms with Gasteiger partial charge in [0.1, 0.15) is 0 Å². The first-order valence-electron chi connectivity index (χ1n) is 3.27. The third-order valence-electron chi connectivity index (χ3n) is 1.33. The van der Waals surface area contributed by atoms with Crippen molar-refractivity contribution in [3.8, 4) is 0 Å². The highest BCUT2D eigenvalue weighted by atomic mass is 16.3. The lowest BCUT2D eigenvalue weighted by Crippen LogP contribution is -2.12. The van der Waals surface area contributed by atoms with Gasteiger partial charge in [-0.2, -0.15) is 0 Å². The first kappa shape index (κ1) is 8.88. The standard InChI is InChI=1S/C6H15NO2/c7-3-1-2-6(4-8)5-9/h6,8-9H,1-5,7H2. The van der Waals surface area contributed by atoms with Gasteiger partial charge in [-0.25, -0.2) is 0 Å². The van der Waals surface area contributed by atoms with E-state index in [-0.39, 0.29) is 19.1 Å². The minimum Gasteiger partial charge on any atom is -0.396 e. The van der Waals surface area contributed by atoms with Crippen LogP contribution in [0.15, 0.2) is 0 Å². The molecule has 0 heterocycles. The Bertz CT molecular complexity index is 55.0. The molecule has 0 aromatic heterocycles. The molecule has 0 aromatic rings. The molecule has 3 nitrogen and oxygen atoms in total. The summed E-state index contributed by atoms with van der Waals surface area (Å²) in [5.41, 5.74) is 5.22. The summed E-state index contributed by atoms with van der Waals surface area (Å²) < 4.78 is 0. The molecule has 0 fully saturated rings. The van der Waals surface area contributed by atoms with Crippen molar-refractivity contribution >= 4 is 0 Å². The van der Waals surface area contributed by atoms with Crippen LogP contribution in [0.3, 0.4) is 0 Å². The van der Waals surface area contributed by atoms with Crippen LogP contribution in [0.1, 0.15) is 12.8 Å². The zero-order valence-corrected chi connectivity index (χ0v) is 5.58. The summed E-state index contributed by atoms with van der Waals surface area (Å²) in [6, 6.07) is 0. The molecule has 9 heavy (non-hydrogen) atoms. The topological polar surface area (TPSA) is 66.5 Å². The van der Waals surface area contributed by atoms with E-state index < -0.39 is 0 Å². The fourth-order valence-corrected chi connectivity index (χ4v) is 0.647. The van der Waals surface area contributed by atoms with E-state index in [4.69, 9.17) is 15.9 Å². The van der Waals surface area contributed by atoms with Crippen LogP contribution in [0.2, 0.25) is 0 Å². The molecule has 0 aliphatic carbocycles. The van der Waals surface area contributed by atoms with Crippen molar-refractivity contribution in [2.24, 2.45) is 11.7 Å². The van der Waals surface area contributed by atoms with Gasteiger partial charge in [-0.3, -0.25) is 0 Å². The van der Waals surface area contributed by atoms with Crippen LogP contribution in [-0.2, 0) is 0 Å². The van der Waals surface area contributed by atoms with Gasteiger partial charge in [0.05, 0.1) is 0 Å². The molecule has 0 aliphatic rings. The predicted molar refractivity (Wildman–Crippen MR) is 35.9 cm³/mol. The van der Waals surface area contributed by atoms with E-state index in [1.807, 2.05) is 0 Å². The minimum absolute atomic E-state index is 0.0357. The van der Waals surface area contributed by atoms with Gasteiger partial charge in [-0.1, -0.05) is 0 Å². The third-order valence-corrected chi connectivity index (χ3v) is 1.33. The molecule has 0 spiro atoms. The summed E-state index contributed by atoms with van der Waals surface area (Å²) in [5.74, 6) is 0.0357. The van der Waals surface area contributed by atoms with Crippen molar-refractivity contribution in [2.75, 3.05) is 19.8 Å². The SMILES string of the molecule is NCCCC(CO)CO.